The minimum atomic E-state index is 0.358. The van der Waals surface area contributed by atoms with E-state index in [-0.39, 0.29) is 0 Å². The number of hydrogen-bond acceptors (Lipinski definition) is 2. The van der Waals surface area contributed by atoms with E-state index in [0.717, 1.165) is 5.92 Å². The van der Waals surface area contributed by atoms with Crippen LogP contribution in [0.3, 0.4) is 0 Å². The molecule has 1 aromatic rings. The van der Waals surface area contributed by atoms with Gasteiger partial charge in [-0.3, -0.25) is 4.90 Å². The lowest BCUT2D eigenvalue weighted by atomic mass is 9.97. The first kappa shape index (κ1) is 15.5. The normalized spacial score (nSPS) is 17.2. The van der Waals surface area contributed by atoms with Crippen molar-refractivity contribution in [1.82, 2.24) is 4.90 Å². The minimum Gasteiger partial charge on any atom is -0.329 e. The lowest BCUT2D eigenvalue weighted by Gasteiger charge is -2.35. The minimum absolute atomic E-state index is 0.358. The largest absolute Gasteiger partial charge is 0.329 e. The molecule has 0 spiro atoms. The Morgan fingerprint density at radius 1 is 1.05 bits per heavy atom. The molecule has 0 saturated heterocycles. The maximum absolute atomic E-state index is 6.10. The smallest absolute Gasteiger partial charge is 0.0473 e. The molecule has 2 nitrogen and oxygen atoms in total. The van der Waals surface area contributed by atoms with Crippen molar-refractivity contribution >= 4 is 0 Å². The molecule has 1 atom stereocenters. The monoisotopic (exact) mass is 274 g/mol. The molecule has 0 bridgehead atoms. The van der Waals surface area contributed by atoms with Crippen LogP contribution in [0.4, 0.5) is 0 Å². The highest BCUT2D eigenvalue weighted by molar-refractivity contribution is 5.27. The second kappa shape index (κ2) is 6.73. The van der Waals surface area contributed by atoms with E-state index in [1.54, 1.807) is 0 Å². The molecule has 1 aliphatic rings. The number of nitrogens with two attached hydrogens (primary N) is 1. The Hall–Kier alpha value is -0.860. The Balaban J connectivity index is 2.15. The summed E-state index contributed by atoms with van der Waals surface area (Å²) in [6, 6.07) is 9.98. The van der Waals surface area contributed by atoms with Crippen LogP contribution in [0.1, 0.15) is 63.6 Å². The van der Waals surface area contributed by atoms with Gasteiger partial charge in [0.2, 0.25) is 0 Å². The Morgan fingerprint density at radius 2 is 1.60 bits per heavy atom. The van der Waals surface area contributed by atoms with E-state index in [9.17, 15) is 0 Å². The van der Waals surface area contributed by atoms with Gasteiger partial charge in [0.25, 0.3) is 0 Å². The standard InChI is InChI=1S/C18H30N2/c1-13(2)16-7-9-17(10-8-16)18(11-19)20(14(3)4)12-15-5-6-15/h7-10,13-15,18H,5-6,11-12,19H2,1-4H3. The number of rotatable bonds is 7. The molecule has 0 amide bonds. The molecule has 20 heavy (non-hydrogen) atoms. The van der Waals surface area contributed by atoms with Gasteiger partial charge >= 0.3 is 0 Å². The van der Waals surface area contributed by atoms with Crippen molar-refractivity contribution in [2.75, 3.05) is 13.1 Å². The van der Waals surface area contributed by atoms with Crippen LogP contribution in [0.5, 0.6) is 0 Å². The van der Waals surface area contributed by atoms with Crippen molar-refractivity contribution in [3.05, 3.63) is 35.4 Å². The maximum atomic E-state index is 6.10. The van der Waals surface area contributed by atoms with Crippen LogP contribution in [0.2, 0.25) is 0 Å². The van der Waals surface area contributed by atoms with E-state index in [1.165, 1.54) is 30.5 Å². The molecule has 0 aromatic heterocycles. The van der Waals surface area contributed by atoms with Crippen molar-refractivity contribution < 1.29 is 0 Å². The summed E-state index contributed by atoms with van der Waals surface area (Å²) in [5.41, 5.74) is 8.87. The molecule has 1 aromatic carbocycles. The van der Waals surface area contributed by atoms with Crippen LogP contribution in [0.15, 0.2) is 24.3 Å². The fraction of sp³-hybridized carbons (Fsp3) is 0.667. The van der Waals surface area contributed by atoms with Crippen LogP contribution in [0, 0.1) is 5.92 Å². The summed E-state index contributed by atoms with van der Waals surface area (Å²) in [6.45, 7) is 10.9. The van der Waals surface area contributed by atoms with Gasteiger partial charge in [-0.05, 0) is 49.7 Å². The summed E-state index contributed by atoms with van der Waals surface area (Å²) >= 11 is 0. The topological polar surface area (TPSA) is 29.3 Å². The highest BCUT2D eigenvalue weighted by Crippen LogP contribution is 2.34. The molecule has 1 aliphatic carbocycles. The summed E-state index contributed by atoms with van der Waals surface area (Å²) in [5.74, 6) is 1.49. The molecule has 0 aliphatic heterocycles. The van der Waals surface area contributed by atoms with Gasteiger partial charge in [0.1, 0.15) is 0 Å². The van der Waals surface area contributed by atoms with Crippen molar-refractivity contribution in [3.63, 3.8) is 0 Å². The molecule has 2 rings (SSSR count). The average molecular weight is 274 g/mol. The van der Waals surface area contributed by atoms with Crippen molar-refractivity contribution in [3.8, 4) is 0 Å². The fourth-order valence-corrected chi connectivity index (χ4v) is 2.86. The average Bonchev–Trinajstić information content (AvgIpc) is 3.23. The van der Waals surface area contributed by atoms with Gasteiger partial charge in [0.15, 0.2) is 0 Å². The Bertz CT molecular complexity index is 404. The van der Waals surface area contributed by atoms with Gasteiger partial charge in [0, 0.05) is 25.2 Å². The van der Waals surface area contributed by atoms with E-state index in [0.29, 0.717) is 24.5 Å². The third kappa shape index (κ3) is 3.83. The van der Waals surface area contributed by atoms with Gasteiger partial charge in [-0.25, -0.2) is 0 Å². The van der Waals surface area contributed by atoms with Crippen LogP contribution in [-0.4, -0.2) is 24.0 Å². The van der Waals surface area contributed by atoms with Crippen molar-refractivity contribution in [2.24, 2.45) is 11.7 Å². The molecule has 112 valence electrons. The second-order valence-corrected chi connectivity index (χ2v) is 6.81. The summed E-state index contributed by atoms with van der Waals surface area (Å²) in [7, 11) is 0. The molecule has 1 unspecified atom stereocenters. The summed E-state index contributed by atoms with van der Waals surface area (Å²) in [4.78, 5) is 2.59. The fourth-order valence-electron chi connectivity index (χ4n) is 2.86. The third-order valence-corrected chi connectivity index (χ3v) is 4.44. The van der Waals surface area contributed by atoms with E-state index in [2.05, 4.69) is 56.9 Å². The predicted molar refractivity (Wildman–Crippen MR) is 86.9 cm³/mol. The summed E-state index contributed by atoms with van der Waals surface area (Å²) in [6.07, 6.45) is 2.79. The third-order valence-electron chi connectivity index (χ3n) is 4.44. The Labute approximate surface area is 124 Å². The molecular formula is C18H30N2. The van der Waals surface area contributed by atoms with Crippen LogP contribution >= 0.6 is 0 Å². The van der Waals surface area contributed by atoms with Gasteiger partial charge in [0.05, 0.1) is 0 Å². The van der Waals surface area contributed by atoms with Crippen molar-refractivity contribution in [2.45, 2.75) is 58.5 Å². The molecule has 0 radical (unpaired) electrons. The number of nitrogens with zero attached hydrogens (tertiary/aromatic N) is 1. The zero-order valence-electron chi connectivity index (χ0n) is 13.5. The lowest BCUT2D eigenvalue weighted by Crippen LogP contribution is -2.40. The molecule has 2 heteroatoms. The zero-order chi connectivity index (χ0) is 14.7. The Kier molecular flexibility index (Phi) is 5.22. The molecular weight excluding hydrogens is 244 g/mol. The first-order valence-corrected chi connectivity index (χ1v) is 8.08. The van der Waals surface area contributed by atoms with E-state index in [4.69, 9.17) is 5.73 Å². The van der Waals surface area contributed by atoms with E-state index in [1.807, 2.05) is 0 Å². The quantitative estimate of drug-likeness (QED) is 0.816. The SMILES string of the molecule is CC(C)c1ccc(C(CN)N(CC2CC2)C(C)C)cc1. The molecule has 1 saturated carbocycles. The first-order chi connectivity index (χ1) is 9.52. The summed E-state index contributed by atoms with van der Waals surface area (Å²) < 4.78 is 0. The van der Waals surface area contributed by atoms with Crippen LogP contribution in [-0.2, 0) is 0 Å². The summed E-state index contributed by atoms with van der Waals surface area (Å²) in [5, 5.41) is 0. The molecule has 2 N–H and O–H groups in total. The van der Waals surface area contributed by atoms with Gasteiger partial charge in [-0.15, -0.1) is 0 Å². The lowest BCUT2D eigenvalue weighted by molar-refractivity contribution is 0.149. The molecule has 0 heterocycles. The maximum Gasteiger partial charge on any atom is 0.0473 e. The first-order valence-electron chi connectivity index (χ1n) is 8.08. The Morgan fingerprint density at radius 3 is 2.00 bits per heavy atom. The zero-order valence-corrected chi connectivity index (χ0v) is 13.5. The van der Waals surface area contributed by atoms with Gasteiger partial charge in [-0.2, -0.15) is 0 Å². The highest BCUT2D eigenvalue weighted by Gasteiger charge is 2.29. The number of hydrogen-bond donors (Lipinski definition) is 1. The van der Waals surface area contributed by atoms with E-state index >= 15 is 0 Å². The predicted octanol–water partition coefficient (Wildman–Crippen LogP) is 3.93. The van der Waals surface area contributed by atoms with Crippen LogP contribution in [0.25, 0.3) is 0 Å². The highest BCUT2D eigenvalue weighted by atomic mass is 15.2. The van der Waals surface area contributed by atoms with Gasteiger partial charge in [-0.1, -0.05) is 38.1 Å². The van der Waals surface area contributed by atoms with Crippen LogP contribution < -0.4 is 5.73 Å². The van der Waals surface area contributed by atoms with Crippen molar-refractivity contribution in [1.29, 1.82) is 0 Å². The number of benzene rings is 1. The van der Waals surface area contributed by atoms with E-state index < -0.39 is 0 Å². The van der Waals surface area contributed by atoms with Gasteiger partial charge < -0.3 is 5.73 Å². The second-order valence-electron chi connectivity index (χ2n) is 6.81. The molecule has 1 fully saturated rings.